The first-order valence-corrected chi connectivity index (χ1v) is 11.3. The Balaban J connectivity index is 1.28. The molecule has 0 N–H and O–H groups in total. The van der Waals surface area contributed by atoms with Gasteiger partial charge in [0.1, 0.15) is 0 Å². The standard InChI is InChI=1S/C24H31N5O/c1-4-9-28(10-5-1)23-7-3-2-6-21(23)17-27-12-13-30-19-20(16-27)14-22-18-29-11-8-25-24(29)15-26-22/h2-3,6-8,11,15,18,20H,1,4-5,9-10,12-14,16-17,19H2. The number of nitrogens with zero attached hydrogens (tertiary/aromatic N) is 5. The van der Waals surface area contributed by atoms with Gasteiger partial charge >= 0.3 is 0 Å². The Labute approximate surface area is 178 Å². The summed E-state index contributed by atoms with van der Waals surface area (Å²) in [5, 5.41) is 0. The second-order valence-electron chi connectivity index (χ2n) is 8.63. The van der Waals surface area contributed by atoms with Crippen LogP contribution in [0.5, 0.6) is 0 Å². The van der Waals surface area contributed by atoms with E-state index in [4.69, 9.17) is 4.74 Å². The van der Waals surface area contributed by atoms with E-state index >= 15 is 0 Å². The SMILES string of the molecule is c1ccc(N2CCCCC2)c(CN2CCOCC(Cc3cn4ccnc4cn3)C2)c1. The van der Waals surface area contributed by atoms with E-state index in [9.17, 15) is 0 Å². The maximum absolute atomic E-state index is 5.97. The summed E-state index contributed by atoms with van der Waals surface area (Å²) in [5.74, 6) is 0.447. The van der Waals surface area contributed by atoms with Crippen molar-refractivity contribution < 1.29 is 4.74 Å². The third-order valence-corrected chi connectivity index (χ3v) is 6.33. The molecule has 3 aromatic rings. The number of ether oxygens (including phenoxy) is 1. The van der Waals surface area contributed by atoms with Gasteiger partial charge in [-0.2, -0.15) is 0 Å². The molecule has 2 saturated heterocycles. The zero-order valence-corrected chi connectivity index (χ0v) is 17.6. The first-order chi connectivity index (χ1) is 14.8. The Kier molecular flexibility index (Phi) is 5.95. The lowest BCUT2D eigenvalue weighted by Crippen LogP contribution is -2.33. The quantitative estimate of drug-likeness (QED) is 0.651. The first-order valence-electron chi connectivity index (χ1n) is 11.3. The Morgan fingerprint density at radius 2 is 1.93 bits per heavy atom. The lowest BCUT2D eigenvalue weighted by Gasteiger charge is -2.32. The van der Waals surface area contributed by atoms with Crippen LogP contribution in [0.3, 0.4) is 0 Å². The van der Waals surface area contributed by atoms with Gasteiger partial charge in [-0.05, 0) is 37.3 Å². The van der Waals surface area contributed by atoms with Gasteiger partial charge in [0.05, 0.1) is 25.1 Å². The first kappa shape index (κ1) is 19.5. The van der Waals surface area contributed by atoms with E-state index in [0.29, 0.717) is 5.92 Å². The molecule has 6 heteroatoms. The fraction of sp³-hybridized carbons (Fsp3) is 0.500. The summed E-state index contributed by atoms with van der Waals surface area (Å²) in [4.78, 5) is 14.1. The van der Waals surface area contributed by atoms with Gasteiger partial charge in [-0.25, -0.2) is 4.98 Å². The number of rotatable bonds is 5. The molecule has 4 heterocycles. The number of hydrogen-bond donors (Lipinski definition) is 0. The van der Waals surface area contributed by atoms with E-state index in [1.165, 1.54) is 43.6 Å². The Hall–Kier alpha value is -2.44. The van der Waals surface area contributed by atoms with Gasteiger partial charge in [0, 0.05) is 62.9 Å². The van der Waals surface area contributed by atoms with Crippen molar-refractivity contribution in [3.63, 3.8) is 0 Å². The Morgan fingerprint density at radius 3 is 2.87 bits per heavy atom. The molecule has 1 aromatic carbocycles. The highest BCUT2D eigenvalue weighted by atomic mass is 16.5. The molecule has 0 spiro atoms. The smallest absolute Gasteiger partial charge is 0.155 e. The Morgan fingerprint density at radius 1 is 1.03 bits per heavy atom. The highest BCUT2D eigenvalue weighted by Gasteiger charge is 2.22. The normalized spacial score (nSPS) is 21.1. The molecule has 0 radical (unpaired) electrons. The molecule has 2 aromatic heterocycles. The molecular formula is C24H31N5O. The van der Waals surface area contributed by atoms with Gasteiger partial charge in [0.15, 0.2) is 5.65 Å². The Bertz CT molecular complexity index is 965. The lowest BCUT2D eigenvalue weighted by atomic mass is 10.0. The van der Waals surface area contributed by atoms with E-state index in [-0.39, 0.29) is 0 Å². The number of piperidine rings is 1. The second-order valence-corrected chi connectivity index (χ2v) is 8.63. The molecule has 158 valence electrons. The van der Waals surface area contributed by atoms with Gasteiger partial charge < -0.3 is 14.0 Å². The van der Waals surface area contributed by atoms with Crippen molar-refractivity contribution in [2.45, 2.75) is 32.2 Å². The van der Waals surface area contributed by atoms with E-state index in [1.807, 2.05) is 23.0 Å². The van der Waals surface area contributed by atoms with E-state index in [0.717, 1.165) is 50.6 Å². The van der Waals surface area contributed by atoms with Gasteiger partial charge in [0.2, 0.25) is 0 Å². The molecule has 5 rings (SSSR count). The summed E-state index contributed by atoms with van der Waals surface area (Å²) in [6.07, 6.45) is 12.7. The van der Waals surface area contributed by atoms with Crippen LogP contribution in [0.15, 0.2) is 49.1 Å². The average molecular weight is 406 g/mol. The summed E-state index contributed by atoms with van der Waals surface area (Å²) in [6, 6.07) is 8.97. The van der Waals surface area contributed by atoms with Crippen LogP contribution >= 0.6 is 0 Å². The molecule has 2 aliphatic rings. The second kappa shape index (κ2) is 9.14. The molecule has 0 aliphatic carbocycles. The molecule has 2 aliphatic heterocycles. The maximum atomic E-state index is 5.97. The summed E-state index contributed by atoms with van der Waals surface area (Å²) in [7, 11) is 0. The highest BCUT2D eigenvalue weighted by molar-refractivity contribution is 5.53. The molecule has 0 saturated carbocycles. The number of hydrogen-bond acceptors (Lipinski definition) is 5. The summed E-state index contributed by atoms with van der Waals surface area (Å²) < 4.78 is 8.02. The summed E-state index contributed by atoms with van der Waals surface area (Å²) >= 11 is 0. The predicted octanol–water partition coefficient (Wildman–Crippen LogP) is 3.41. The van der Waals surface area contributed by atoms with Crippen molar-refractivity contribution in [2.75, 3.05) is 44.3 Å². The van der Waals surface area contributed by atoms with Crippen molar-refractivity contribution in [2.24, 2.45) is 5.92 Å². The molecular weight excluding hydrogens is 374 g/mol. The topological polar surface area (TPSA) is 45.9 Å². The molecule has 30 heavy (non-hydrogen) atoms. The third kappa shape index (κ3) is 4.50. The van der Waals surface area contributed by atoms with E-state index in [2.05, 4.69) is 50.2 Å². The van der Waals surface area contributed by atoms with Gasteiger partial charge in [0.25, 0.3) is 0 Å². The molecule has 0 bridgehead atoms. The largest absolute Gasteiger partial charge is 0.380 e. The monoisotopic (exact) mass is 405 g/mol. The molecule has 6 nitrogen and oxygen atoms in total. The number of benzene rings is 1. The van der Waals surface area contributed by atoms with Crippen molar-refractivity contribution in [3.05, 3.63) is 60.3 Å². The van der Waals surface area contributed by atoms with Crippen LogP contribution < -0.4 is 4.90 Å². The minimum absolute atomic E-state index is 0.447. The number of anilines is 1. The maximum Gasteiger partial charge on any atom is 0.155 e. The van der Waals surface area contributed by atoms with Crippen LogP contribution in [0, 0.1) is 5.92 Å². The van der Waals surface area contributed by atoms with Crippen LogP contribution in [0.2, 0.25) is 0 Å². The minimum atomic E-state index is 0.447. The number of aromatic nitrogens is 3. The molecule has 2 fully saturated rings. The third-order valence-electron chi connectivity index (χ3n) is 6.33. The number of para-hydroxylation sites is 1. The van der Waals surface area contributed by atoms with Crippen molar-refractivity contribution in [1.29, 1.82) is 0 Å². The fourth-order valence-electron chi connectivity index (χ4n) is 4.82. The van der Waals surface area contributed by atoms with Crippen molar-refractivity contribution in [1.82, 2.24) is 19.3 Å². The van der Waals surface area contributed by atoms with Gasteiger partial charge in [-0.3, -0.25) is 9.88 Å². The van der Waals surface area contributed by atoms with Gasteiger partial charge in [-0.15, -0.1) is 0 Å². The summed E-state index contributed by atoms with van der Waals surface area (Å²) in [5.41, 5.74) is 4.86. The lowest BCUT2D eigenvalue weighted by molar-refractivity contribution is 0.121. The van der Waals surface area contributed by atoms with Crippen LogP contribution in [0.25, 0.3) is 5.65 Å². The minimum Gasteiger partial charge on any atom is -0.380 e. The number of fused-ring (bicyclic) bond motifs is 1. The van der Waals surface area contributed by atoms with Gasteiger partial charge in [-0.1, -0.05) is 18.2 Å². The summed E-state index contributed by atoms with van der Waals surface area (Å²) in [6.45, 7) is 6.98. The zero-order chi connectivity index (χ0) is 20.2. The molecule has 0 amide bonds. The van der Waals surface area contributed by atoms with Crippen molar-refractivity contribution >= 4 is 11.3 Å². The van der Waals surface area contributed by atoms with E-state index < -0.39 is 0 Å². The van der Waals surface area contributed by atoms with Crippen LogP contribution in [-0.2, 0) is 17.7 Å². The zero-order valence-electron chi connectivity index (χ0n) is 17.6. The van der Waals surface area contributed by atoms with Crippen molar-refractivity contribution in [3.8, 4) is 0 Å². The van der Waals surface area contributed by atoms with Crippen LogP contribution in [0.1, 0.15) is 30.5 Å². The number of imidazole rings is 1. The van der Waals surface area contributed by atoms with Crippen LogP contribution in [-0.4, -0.2) is 58.7 Å². The predicted molar refractivity (Wildman–Crippen MR) is 119 cm³/mol. The highest BCUT2D eigenvalue weighted by Crippen LogP contribution is 2.26. The molecule has 1 atom stereocenters. The fourth-order valence-corrected chi connectivity index (χ4v) is 4.82. The average Bonchev–Trinajstić information content (AvgIpc) is 3.14. The van der Waals surface area contributed by atoms with Crippen LogP contribution in [0.4, 0.5) is 5.69 Å². The van der Waals surface area contributed by atoms with E-state index in [1.54, 1.807) is 0 Å². The molecule has 1 unspecified atom stereocenters.